The Labute approximate surface area is 98.1 Å². The number of rotatable bonds is 4. The van der Waals surface area contributed by atoms with Crippen molar-refractivity contribution in [1.82, 2.24) is 4.72 Å². The van der Waals surface area contributed by atoms with Gasteiger partial charge in [-0.1, -0.05) is 18.5 Å². The van der Waals surface area contributed by atoms with Crippen molar-refractivity contribution in [2.75, 3.05) is 6.54 Å². The molecule has 16 heavy (non-hydrogen) atoms. The number of aromatic carboxylic acids is 1. The van der Waals surface area contributed by atoms with E-state index in [0.717, 1.165) is 12.1 Å². The smallest absolute Gasteiger partial charge is 0.337 e. The van der Waals surface area contributed by atoms with E-state index in [9.17, 15) is 13.2 Å². The summed E-state index contributed by atoms with van der Waals surface area (Å²) in [6.07, 6.45) is 0. The van der Waals surface area contributed by atoms with Crippen LogP contribution in [0.2, 0.25) is 5.02 Å². The van der Waals surface area contributed by atoms with Crippen molar-refractivity contribution in [3.63, 3.8) is 0 Å². The summed E-state index contributed by atoms with van der Waals surface area (Å²) < 4.78 is 25.4. The molecule has 88 valence electrons. The van der Waals surface area contributed by atoms with Gasteiger partial charge in [-0.25, -0.2) is 17.9 Å². The highest BCUT2D eigenvalue weighted by molar-refractivity contribution is 7.89. The van der Waals surface area contributed by atoms with E-state index in [0.29, 0.717) is 0 Å². The number of hydrogen-bond acceptors (Lipinski definition) is 3. The molecule has 0 saturated heterocycles. The summed E-state index contributed by atoms with van der Waals surface area (Å²) >= 11 is 5.66. The first-order valence-electron chi connectivity index (χ1n) is 4.41. The fourth-order valence-corrected chi connectivity index (χ4v) is 2.50. The van der Waals surface area contributed by atoms with Crippen LogP contribution in [0, 0.1) is 0 Å². The SMILES string of the molecule is CCNS(=O)(=O)c1ccc(C(=O)O)c(Cl)c1. The molecule has 0 spiro atoms. The molecule has 0 aliphatic carbocycles. The lowest BCUT2D eigenvalue weighted by Gasteiger charge is -2.05. The van der Waals surface area contributed by atoms with Crippen LogP contribution < -0.4 is 4.72 Å². The van der Waals surface area contributed by atoms with Gasteiger partial charge in [-0.15, -0.1) is 0 Å². The van der Waals surface area contributed by atoms with Gasteiger partial charge in [-0.05, 0) is 18.2 Å². The first-order valence-corrected chi connectivity index (χ1v) is 6.27. The van der Waals surface area contributed by atoms with E-state index in [-0.39, 0.29) is 22.0 Å². The van der Waals surface area contributed by atoms with Gasteiger partial charge in [-0.2, -0.15) is 0 Å². The van der Waals surface area contributed by atoms with E-state index in [4.69, 9.17) is 16.7 Å². The third-order valence-corrected chi connectivity index (χ3v) is 3.67. The highest BCUT2D eigenvalue weighted by atomic mass is 35.5. The molecular formula is C9H10ClNO4S. The predicted octanol–water partition coefficient (Wildman–Crippen LogP) is 1.34. The number of sulfonamides is 1. The second-order valence-corrected chi connectivity index (χ2v) is 5.12. The van der Waals surface area contributed by atoms with E-state index in [1.807, 2.05) is 0 Å². The minimum absolute atomic E-state index is 0.0515. The molecule has 0 amide bonds. The molecule has 1 aromatic carbocycles. The first-order chi connectivity index (χ1) is 7.38. The molecule has 0 bridgehead atoms. The molecule has 0 aliphatic heterocycles. The Balaban J connectivity index is 3.21. The second kappa shape index (κ2) is 4.82. The summed E-state index contributed by atoms with van der Waals surface area (Å²) in [6, 6.07) is 3.48. The van der Waals surface area contributed by atoms with Crippen LogP contribution >= 0.6 is 11.6 Å². The van der Waals surface area contributed by atoms with E-state index in [1.54, 1.807) is 6.92 Å². The van der Waals surface area contributed by atoms with Gasteiger partial charge >= 0.3 is 5.97 Å². The standard InChI is InChI=1S/C9H10ClNO4S/c1-2-11-16(14,15)6-3-4-7(9(12)13)8(10)5-6/h3-5,11H,2H2,1H3,(H,12,13). The molecule has 5 nitrogen and oxygen atoms in total. The van der Waals surface area contributed by atoms with Crippen LogP contribution in [0.1, 0.15) is 17.3 Å². The van der Waals surface area contributed by atoms with Crippen molar-refractivity contribution in [1.29, 1.82) is 0 Å². The minimum Gasteiger partial charge on any atom is -0.478 e. The van der Waals surface area contributed by atoms with E-state index >= 15 is 0 Å². The Morgan fingerprint density at radius 3 is 2.56 bits per heavy atom. The van der Waals surface area contributed by atoms with Crippen LogP contribution in [-0.4, -0.2) is 26.0 Å². The first kappa shape index (κ1) is 13.0. The van der Waals surface area contributed by atoms with Crippen molar-refractivity contribution in [2.45, 2.75) is 11.8 Å². The highest BCUT2D eigenvalue weighted by Gasteiger charge is 2.16. The number of hydrogen-bond donors (Lipinski definition) is 2. The van der Waals surface area contributed by atoms with Crippen molar-refractivity contribution in [2.24, 2.45) is 0 Å². The van der Waals surface area contributed by atoms with Crippen LogP contribution in [0.3, 0.4) is 0 Å². The van der Waals surface area contributed by atoms with Crippen LogP contribution in [0.15, 0.2) is 23.1 Å². The van der Waals surface area contributed by atoms with Crippen LogP contribution in [0.25, 0.3) is 0 Å². The average molecular weight is 264 g/mol. The second-order valence-electron chi connectivity index (χ2n) is 2.95. The predicted molar refractivity (Wildman–Crippen MR) is 59.3 cm³/mol. The Bertz CT molecular complexity index is 512. The van der Waals surface area contributed by atoms with Gasteiger partial charge in [-0.3, -0.25) is 0 Å². The average Bonchev–Trinajstić information content (AvgIpc) is 2.16. The molecule has 0 heterocycles. The monoisotopic (exact) mass is 263 g/mol. The van der Waals surface area contributed by atoms with Crippen molar-refractivity contribution >= 4 is 27.6 Å². The number of carboxylic acids is 1. The van der Waals surface area contributed by atoms with Gasteiger partial charge in [0.15, 0.2) is 0 Å². The Morgan fingerprint density at radius 1 is 1.50 bits per heavy atom. The molecule has 0 fully saturated rings. The third-order valence-electron chi connectivity index (χ3n) is 1.82. The largest absolute Gasteiger partial charge is 0.478 e. The molecule has 0 radical (unpaired) electrons. The highest BCUT2D eigenvalue weighted by Crippen LogP contribution is 2.20. The molecule has 0 atom stereocenters. The lowest BCUT2D eigenvalue weighted by molar-refractivity contribution is 0.0697. The van der Waals surface area contributed by atoms with E-state index in [2.05, 4.69) is 4.72 Å². The quantitative estimate of drug-likeness (QED) is 0.859. The number of halogens is 1. The number of nitrogens with one attached hydrogen (secondary N) is 1. The number of carboxylic acid groups (broad SMARTS) is 1. The molecule has 1 aromatic rings. The lowest BCUT2D eigenvalue weighted by Crippen LogP contribution is -2.23. The van der Waals surface area contributed by atoms with Crippen LogP contribution in [0.5, 0.6) is 0 Å². The maximum atomic E-state index is 11.5. The minimum atomic E-state index is -3.60. The lowest BCUT2D eigenvalue weighted by atomic mass is 10.2. The zero-order valence-electron chi connectivity index (χ0n) is 8.40. The van der Waals surface area contributed by atoms with Gasteiger partial charge in [0.1, 0.15) is 0 Å². The molecule has 1 rings (SSSR count). The summed E-state index contributed by atoms with van der Waals surface area (Å²) in [5.74, 6) is -1.20. The maximum absolute atomic E-state index is 11.5. The number of benzene rings is 1. The van der Waals surface area contributed by atoms with Gasteiger partial charge in [0.2, 0.25) is 10.0 Å². The zero-order valence-corrected chi connectivity index (χ0v) is 9.97. The summed E-state index contributed by atoms with van der Waals surface area (Å²) in [6.45, 7) is 1.89. The van der Waals surface area contributed by atoms with E-state index < -0.39 is 16.0 Å². The third kappa shape index (κ3) is 2.72. The Morgan fingerprint density at radius 2 is 2.12 bits per heavy atom. The molecule has 0 aromatic heterocycles. The van der Waals surface area contributed by atoms with Gasteiger partial charge < -0.3 is 5.11 Å². The molecule has 7 heteroatoms. The maximum Gasteiger partial charge on any atom is 0.337 e. The fourth-order valence-electron chi connectivity index (χ4n) is 1.11. The summed E-state index contributed by atoms with van der Waals surface area (Å²) in [5.41, 5.74) is -0.128. The Hall–Kier alpha value is -1.11. The molecule has 0 aliphatic rings. The van der Waals surface area contributed by atoms with Gasteiger partial charge in [0.25, 0.3) is 0 Å². The zero-order chi connectivity index (χ0) is 12.3. The van der Waals surface area contributed by atoms with Crippen molar-refractivity contribution in [3.8, 4) is 0 Å². The topological polar surface area (TPSA) is 83.5 Å². The van der Waals surface area contributed by atoms with Crippen LogP contribution in [0.4, 0.5) is 0 Å². The molecule has 0 unspecified atom stereocenters. The summed E-state index contributed by atoms with van der Waals surface area (Å²) in [4.78, 5) is 10.6. The van der Waals surface area contributed by atoms with Gasteiger partial charge in [0, 0.05) is 6.54 Å². The number of carbonyl (C=O) groups is 1. The molecule has 0 saturated carbocycles. The Kier molecular flexibility index (Phi) is 3.90. The molecule has 2 N–H and O–H groups in total. The van der Waals surface area contributed by atoms with Crippen LogP contribution in [-0.2, 0) is 10.0 Å². The van der Waals surface area contributed by atoms with Gasteiger partial charge in [0.05, 0.1) is 15.5 Å². The normalized spacial score (nSPS) is 11.4. The summed E-state index contributed by atoms with van der Waals surface area (Å²) in [7, 11) is -3.60. The van der Waals surface area contributed by atoms with Crippen molar-refractivity contribution in [3.05, 3.63) is 28.8 Å². The van der Waals surface area contributed by atoms with Crippen molar-refractivity contribution < 1.29 is 18.3 Å². The summed E-state index contributed by atoms with van der Waals surface area (Å²) in [5, 5.41) is 8.61. The fraction of sp³-hybridized carbons (Fsp3) is 0.222. The van der Waals surface area contributed by atoms with E-state index in [1.165, 1.54) is 6.07 Å². The molecular weight excluding hydrogens is 254 g/mol.